The van der Waals surface area contributed by atoms with Gasteiger partial charge in [0.2, 0.25) is 0 Å². The lowest BCUT2D eigenvalue weighted by molar-refractivity contribution is -0.117. The van der Waals surface area contributed by atoms with Crippen molar-refractivity contribution in [3.63, 3.8) is 0 Å². The topological polar surface area (TPSA) is 37.3 Å². The summed E-state index contributed by atoms with van der Waals surface area (Å²) in [4.78, 5) is 11.3. The summed E-state index contributed by atoms with van der Waals surface area (Å²) in [5, 5.41) is 10.4. The van der Waals surface area contributed by atoms with E-state index in [0.717, 1.165) is 18.4 Å². The Bertz CT molecular complexity index is 374. The Morgan fingerprint density at radius 1 is 1.47 bits per heavy atom. The van der Waals surface area contributed by atoms with E-state index in [1.165, 1.54) is 0 Å². The molecule has 0 saturated heterocycles. The van der Waals surface area contributed by atoms with Gasteiger partial charge < -0.3 is 5.11 Å². The molecule has 0 aromatic carbocycles. The molecule has 1 saturated carbocycles. The third-order valence-corrected chi connectivity index (χ3v) is 4.05. The fourth-order valence-corrected chi connectivity index (χ4v) is 2.82. The molecule has 15 heavy (non-hydrogen) atoms. The van der Waals surface area contributed by atoms with Crippen LogP contribution >= 0.6 is 0 Å². The first-order chi connectivity index (χ1) is 7.02. The molecular weight excluding hydrogens is 188 g/mol. The van der Waals surface area contributed by atoms with Crippen molar-refractivity contribution in [2.24, 2.45) is 5.41 Å². The van der Waals surface area contributed by atoms with Gasteiger partial charge in [-0.2, -0.15) is 0 Å². The Hall–Kier alpha value is -1.07. The van der Waals surface area contributed by atoms with Gasteiger partial charge in [0.1, 0.15) is 5.60 Å². The third kappa shape index (κ3) is 1.34. The highest BCUT2D eigenvalue weighted by molar-refractivity contribution is 5.91. The molecule has 2 aliphatic carbocycles. The molecule has 0 spiro atoms. The fraction of sp³-hybridized carbons (Fsp3) is 0.615. The first kappa shape index (κ1) is 10.4. The molecule has 2 nitrogen and oxygen atoms in total. The first-order valence-electron chi connectivity index (χ1n) is 5.46. The van der Waals surface area contributed by atoms with Crippen molar-refractivity contribution in [3.05, 3.63) is 11.6 Å². The Balaban J connectivity index is 2.48. The molecule has 1 fully saturated rings. The molecule has 0 aromatic heterocycles. The number of fused-ring (bicyclic) bond motifs is 1. The number of ketones is 1. The summed E-state index contributed by atoms with van der Waals surface area (Å²) in [6, 6.07) is 0. The summed E-state index contributed by atoms with van der Waals surface area (Å²) in [6.45, 7) is 1.99. The zero-order valence-electron chi connectivity index (χ0n) is 9.05. The Morgan fingerprint density at radius 2 is 2.20 bits per heavy atom. The molecule has 0 aromatic rings. The van der Waals surface area contributed by atoms with Crippen LogP contribution in [-0.2, 0) is 4.79 Å². The molecule has 0 bridgehead atoms. The van der Waals surface area contributed by atoms with Crippen LogP contribution in [0, 0.1) is 17.8 Å². The normalized spacial score (nSPS) is 40.3. The lowest BCUT2D eigenvalue weighted by Gasteiger charge is -2.48. The molecule has 0 aliphatic heterocycles. The molecule has 2 heteroatoms. The molecule has 0 unspecified atom stereocenters. The third-order valence-electron chi connectivity index (χ3n) is 4.05. The van der Waals surface area contributed by atoms with E-state index in [2.05, 4.69) is 5.92 Å². The lowest BCUT2D eigenvalue weighted by Crippen LogP contribution is -2.50. The van der Waals surface area contributed by atoms with Gasteiger partial charge in [0.25, 0.3) is 0 Å². The molecule has 0 amide bonds. The maximum absolute atomic E-state index is 11.3. The van der Waals surface area contributed by atoms with Crippen LogP contribution in [0.2, 0.25) is 0 Å². The van der Waals surface area contributed by atoms with Gasteiger partial charge in [-0.15, -0.1) is 6.42 Å². The monoisotopic (exact) mass is 204 g/mol. The van der Waals surface area contributed by atoms with Crippen LogP contribution in [0.1, 0.15) is 39.0 Å². The van der Waals surface area contributed by atoms with Crippen molar-refractivity contribution in [1.82, 2.24) is 0 Å². The standard InChI is InChI=1S/C13H16O2/c1-3-13(15)7-4-5-10-9-11(14)6-8-12(10,13)2/h1,9,15H,4-8H2,2H3/t12-,13-/m1/s1. The van der Waals surface area contributed by atoms with Gasteiger partial charge >= 0.3 is 0 Å². The van der Waals surface area contributed by atoms with Gasteiger partial charge in [0.15, 0.2) is 5.78 Å². The quantitative estimate of drug-likeness (QED) is 0.611. The van der Waals surface area contributed by atoms with Crippen molar-refractivity contribution in [3.8, 4) is 12.3 Å². The zero-order chi connectivity index (χ0) is 11.1. The minimum atomic E-state index is -1.06. The minimum absolute atomic E-state index is 0.170. The summed E-state index contributed by atoms with van der Waals surface area (Å²) in [5.74, 6) is 2.71. The number of carbonyl (C=O) groups excluding carboxylic acids is 1. The van der Waals surface area contributed by atoms with Crippen LogP contribution in [0.3, 0.4) is 0 Å². The molecular formula is C13H16O2. The molecule has 2 aliphatic rings. The summed E-state index contributed by atoms with van der Waals surface area (Å²) < 4.78 is 0. The summed E-state index contributed by atoms with van der Waals surface area (Å²) >= 11 is 0. The number of allylic oxidation sites excluding steroid dienone is 1. The molecule has 0 heterocycles. The largest absolute Gasteiger partial charge is 0.377 e. The van der Waals surface area contributed by atoms with Gasteiger partial charge in [0.05, 0.1) is 0 Å². The maximum Gasteiger partial charge on any atom is 0.155 e. The van der Waals surface area contributed by atoms with Crippen molar-refractivity contribution in [2.45, 2.75) is 44.6 Å². The molecule has 2 rings (SSSR count). The van der Waals surface area contributed by atoms with E-state index >= 15 is 0 Å². The van der Waals surface area contributed by atoms with E-state index in [1.807, 2.05) is 6.92 Å². The van der Waals surface area contributed by atoms with E-state index in [1.54, 1.807) is 6.08 Å². The molecule has 0 radical (unpaired) electrons. The van der Waals surface area contributed by atoms with Crippen molar-refractivity contribution < 1.29 is 9.90 Å². The summed E-state index contributed by atoms with van der Waals surface area (Å²) in [7, 11) is 0. The second-order valence-corrected chi connectivity index (χ2v) is 4.83. The lowest BCUT2D eigenvalue weighted by atomic mass is 9.57. The Kier molecular flexibility index (Phi) is 2.24. The van der Waals surface area contributed by atoms with Gasteiger partial charge in [-0.3, -0.25) is 4.79 Å². The van der Waals surface area contributed by atoms with Crippen LogP contribution in [0.25, 0.3) is 0 Å². The van der Waals surface area contributed by atoms with E-state index in [-0.39, 0.29) is 11.2 Å². The SMILES string of the molecule is C#C[C@@]1(O)CCCC2=CC(=O)CC[C@]21C. The first-order valence-corrected chi connectivity index (χ1v) is 5.46. The average molecular weight is 204 g/mol. The Labute approximate surface area is 90.4 Å². The smallest absolute Gasteiger partial charge is 0.155 e. The summed E-state index contributed by atoms with van der Waals surface area (Å²) in [6.07, 6.45) is 10.7. The van der Waals surface area contributed by atoms with Crippen LogP contribution < -0.4 is 0 Å². The van der Waals surface area contributed by atoms with Crippen molar-refractivity contribution >= 4 is 5.78 Å². The van der Waals surface area contributed by atoms with Crippen LogP contribution in [0.5, 0.6) is 0 Å². The predicted octanol–water partition coefficient (Wildman–Crippen LogP) is 1.83. The number of aliphatic hydroxyl groups is 1. The summed E-state index contributed by atoms with van der Waals surface area (Å²) in [5.41, 5.74) is -0.392. The molecule has 2 atom stereocenters. The van der Waals surface area contributed by atoms with Crippen molar-refractivity contribution in [2.75, 3.05) is 0 Å². The minimum Gasteiger partial charge on any atom is -0.377 e. The highest BCUT2D eigenvalue weighted by atomic mass is 16.3. The zero-order valence-corrected chi connectivity index (χ0v) is 9.05. The van der Waals surface area contributed by atoms with E-state index < -0.39 is 5.60 Å². The van der Waals surface area contributed by atoms with Crippen LogP contribution in [0.15, 0.2) is 11.6 Å². The van der Waals surface area contributed by atoms with E-state index in [0.29, 0.717) is 19.3 Å². The van der Waals surface area contributed by atoms with Gasteiger partial charge in [0, 0.05) is 11.8 Å². The number of rotatable bonds is 0. The van der Waals surface area contributed by atoms with Gasteiger partial charge in [-0.25, -0.2) is 0 Å². The second-order valence-electron chi connectivity index (χ2n) is 4.83. The molecule has 80 valence electrons. The number of carbonyl (C=O) groups is 1. The average Bonchev–Trinajstić information content (AvgIpc) is 2.22. The fourth-order valence-electron chi connectivity index (χ4n) is 2.82. The van der Waals surface area contributed by atoms with Crippen LogP contribution in [0.4, 0.5) is 0 Å². The van der Waals surface area contributed by atoms with E-state index in [4.69, 9.17) is 6.42 Å². The number of hydrogen-bond donors (Lipinski definition) is 1. The van der Waals surface area contributed by atoms with Gasteiger partial charge in [-0.1, -0.05) is 18.4 Å². The highest BCUT2D eigenvalue weighted by Crippen LogP contribution is 2.52. The molecule has 1 N–H and O–H groups in total. The van der Waals surface area contributed by atoms with Crippen molar-refractivity contribution in [1.29, 1.82) is 0 Å². The van der Waals surface area contributed by atoms with Gasteiger partial charge in [-0.05, 0) is 31.8 Å². The highest BCUT2D eigenvalue weighted by Gasteiger charge is 2.51. The number of hydrogen-bond acceptors (Lipinski definition) is 2. The van der Waals surface area contributed by atoms with E-state index in [9.17, 15) is 9.90 Å². The predicted molar refractivity (Wildman–Crippen MR) is 58.1 cm³/mol. The Morgan fingerprint density at radius 3 is 2.87 bits per heavy atom. The second kappa shape index (κ2) is 3.21. The maximum atomic E-state index is 11.3. The van der Waals surface area contributed by atoms with Crippen LogP contribution in [-0.4, -0.2) is 16.5 Å². The number of terminal acetylenes is 1.